The molecule has 4 rings (SSSR count). The normalized spacial score (nSPS) is 11.4. The third kappa shape index (κ3) is 5.00. The smallest absolute Gasteiger partial charge is 0.416 e. The van der Waals surface area contributed by atoms with Crippen LogP contribution in [0.5, 0.6) is 5.75 Å². The van der Waals surface area contributed by atoms with Gasteiger partial charge in [-0.15, -0.1) is 0 Å². The highest BCUT2D eigenvalue weighted by molar-refractivity contribution is 5.88. The molecule has 0 unspecified atom stereocenters. The lowest BCUT2D eigenvalue weighted by Crippen LogP contribution is -2.07. The molecule has 1 aromatic carbocycles. The van der Waals surface area contributed by atoms with Gasteiger partial charge in [-0.25, -0.2) is 4.98 Å². The van der Waals surface area contributed by atoms with Gasteiger partial charge in [-0.2, -0.15) is 23.3 Å². The number of benzene rings is 1. The van der Waals surface area contributed by atoms with Crippen LogP contribution in [0.1, 0.15) is 18.2 Å². The molecule has 1 amide bonds. The van der Waals surface area contributed by atoms with Gasteiger partial charge in [-0.1, -0.05) is 5.16 Å². The highest BCUT2D eigenvalue weighted by Gasteiger charge is 2.30. The Morgan fingerprint density at radius 1 is 1.21 bits per heavy atom. The van der Waals surface area contributed by atoms with Crippen LogP contribution in [0.4, 0.5) is 19.0 Å². The van der Waals surface area contributed by atoms with E-state index in [4.69, 9.17) is 9.26 Å². The molecule has 4 aromatic rings. The number of aryl methyl sites for hydroxylation is 1. The summed E-state index contributed by atoms with van der Waals surface area (Å²) in [7, 11) is 1.69. The molecule has 170 valence electrons. The molecule has 0 spiro atoms. The number of amides is 1. The van der Waals surface area contributed by atoms with Gasteiger partial charge in [-0.3, -0.25) is 9.48 Å². The molecule has 1 N–H and O–H groups in total. The number of carbonyl (C=O) groups is 1. The van der Waals surface area contributed by atoms with Crippen molar-refractivity contribution in [1.29, 1.82) is 0 Å². The van der Waals surface area contributed by atoms with Crippen LogP contribution >= 0.6 is 0 Å². The first-order chi connectivity index (χ1) is 15.7. The minimum absolute atomic E-state index is 0.0108. The number of alkyl halides is 3. The molecular formula is C21H17F3N6O3. The van der Waals surface area contributed by atoms with E-state index in [1.54, 1.807) is 23.9 Å². The summed E-state index contributed by atoms with van der Waals surface area (Å²) in [6.07, 6.45) is -1.39. The summed E-state index contributed by atoms with van der Waals surface area (Å²) < 4.78 is 50.7. The number of pyridine rings is 1. The largest absolute Gasteiger partial charge is 0.487 e. The van der Waals surface area contributed by atoms with Gasteiger partial charge >= 0.3 is 6.18 Å². The van der Waals surface area contributed by atoms with E-state index in [9.17, 15) is 18.0 Å². The molecule has 0 radical (unpaired) electrons. The quantitative estimate of drug-likeness (QED) is 0.464. The van der Waals surface area contributed by atoms with Crippen LogP contribution in [-0.2, 0) is 24.6 Å². The third-order valence-electron chi connectivity index (χ3n) is 4.60. The predicted octanol–water partition coefficient (Wildman–Crippen LogP) is 4.09. The molecule has 12 heteroatoms. The van der Waals surface area contributed by atoms with E-state index in [1.165, 1.54) is 31.5 Å². The van der Waals surface area contributed by atoms with Gasteiger partial charge in [-0.05, 0) is 36.4 Å². The summed E-state index contributed by atoms with van der Waals surface area (Å²) >= 11 is 0. The fraction of sp³-hybridized carbons (Fsp3) is 0.190. The van der Waals surface area contributed by atoms with Crippen molar-refractivity contribution in [2.24, 2.45) is 7.05 Å². The van der Waals surface area contributed by atoms with Gasteiger partial charge in [0.05, 0.1) is 23.0 Å². The molecule has 3 aromatic heterocycles. The number of anilines is 1. The van der Waals surface area contributed by atoms with Gasteiger partial charge in [0.1, 0.15) is 18.2 Å². The Kier molecular flexibility index (Phi) is 5.82. The Hall–Kier alpha value is -4.22. The molecule has 33 heavy (non-hydrogen) atoms. The van der Waals surface area contributed by atoms with Crippen LogP contribution in [0.2, 0.25) is 0 Å². The van der Waals surface area contributed by atoms with Crippen molar-refractivity contribution in [2.45, 2.75) is 19.7 Å². The van der Waals surface area contributed by atoms with Crippen LogP contribution < -0.4 is 10.1 Å². The van der Waals surface area contributed by atoms with Crippen molar-refractivity contribution in [1.82, 2.24) is 24.9 Å². The molecule has 0 fully saturated rings. The number of hydrogen-bond donors (Lipinski definition) is 1. The van der Waals surface area contributed by atoms with Crippen LogP contribution in [0.3, 0.4) is 0 Å². The number of ether oxygens (including phenoxy) is 1. The third-order valence-corrected chi connectivity index (χ3v) is 4.60. The molecule has 0 saturated heterocycles. The average molecular weight is 458 g/mol. The van der Waals surface area contributed by atoms with E-state index in [0.29, 0.717) is 22.6 Å². The molecule has 0 saturated carbocycles. The topological polar surface area (TPSA) is 108 Å². The first-order valence-electron chi connectivity index (χ1n) is 9.60. The number of nitrogens with one attached hydrogen (secondary N) is 1. The lowest BCUT2D eigenvalue weighted by atomic mass is 10.2. The molecular weight excluding hydrogens is 441 g/mol. The second-order valence-corrected chi connectivity index (χ2v) is 6.97. The van der Waals surface area contributed by atoms with Gasteiger partial charge in [0.25, 0.3) is 5.89 Å². The van der Waals surface area contributed by atoms with E-state index < -0.39 is 11.7 Å². The lowest BCUT2D eigenvalue weighted by Gasteiger charge is -2.10. The summed E-state index contributed by atoms with van der Waals surface area (Å²) in [4.78, 5) is 19.7. The molecule has 0 aliphatic heterocycles. The van der Waals surface area contributed by atoms with Gasteiger partial charge in [0.15, 0.2) is 0 Å². The van der Waals surface area contributed by atoms with Crippen molar-refractivity contribution in [3.05, 3.63) is 60.0 Å². The first kappa shape index (κ1) is 22.0. The Morgan fingerprint density at radius 3 is 2.67 bits per heavy atom. The van der Waals surface area contributed by atoms with E-state index in [0.717, 1.165) is 12.1 Å². The fourth-order valence-corrected chi connectivity index (χ4v) is 2.97. The lowest BCUT2D eigenvalue weighted by molar-refractivity contribution is -0.137. The van der Waals surface area contributed by atoms with Crippen molar-refractivity contribution in [3.8, 4) is 28.6 Å². The van der Waals surface area contributed by atoms with E-state index in [1.807, 2.05) is 0 Å². The molecule has 3 heterocycles. The number of carbonyl (C=O) groups excluding carboxylic acids is 1. The minimum atomic E-state index is -4.42. The number of hydrogen-bond acceptors (Lipinski definition) is 7. The maximum atomic E-state index is 12.7. The Bertz CT molecular complexity index is 1280. The number of halogens is 3. The van der Waals surface area contributed by atoms with Gasteiger partial charge in [0, 0.05) is 25.7 Å². The minimum Gasteiger partial charge on any atom is -0.487 e. The van der Waals surface area contributed by atoms with Crippen LogP contribution in [-0.4, -0.2) is 30.8 Å². The van der Waals surface area contributed by atoms with E-state index in [-0.39, 0.29) is 30.0 Å². The first-order valence-corrected chi connectivity index (χ1v) is 9.60. The highest BCUT2D eigenvalue weighted by atomic mass is 19.4. The SMILES string of the molecule is CC(=O)Nc1cc(-c2noc(-c3cnn(C)c3COc3ccc(C(F)(F)F)cc3)n2)ccn1. The van der Waals surface area contributed by atoms with E-state index >= 15 is 0 Å². The molecule has 0 aliphatic carbocycles. The summed E-state index contributed by atoms with van der Waals surface area (Å²) in [5.41, 5.74) is 0.917. The second kappa shape index (κ2) is 8.73. The summed E-state index contributed by atoms with van der Waals surface area (Å²) in [6.45, 7) is 1.38. The van der Waals surface area contributed by atoms with E-state index in [2.05, 4.69) is 25.5 Å². The van der Waals surface area contributed by atoms with Crippen LogP contribution in [0.15, 0.2) is 53.3 Å². The summed E-state index contributed by atoms with van der Waals surface area (Å²) in [6, 6.07) is 7.67. The average Bonchev–Trinajstić information content (AvgIpc) is 3.38. The highest BCUT2D eigenvalue weighted by Crippen LogP contribution is 2.31. The summed E-state index contributed by atoms with van der Waals surface area (Å²) in [5.74, 6) is 0.808. The Morgan fingerprint density at radius 2 is 1.97 bits per heavy atom. The monoisotopic (exact) mass is 458 g/mol. The van der Waals surface area contributed by atoms with Crippen molar-refractivity contribution in [2.75, 3.05) is 5.32 Å². The van der Waals surface area contributed by atoms with Crippen molar-refractivity contribution in [3.63, 3.8) is 0 Å². The van der Waals surface area contributed by atoms with Gasteiger partial charge < -0.3 is 14.6 Å². The number of aromatic nitrogens is 5. The zero-order chi connectivity index (χ0) is 23.6. The maximum absolute atomic E-state index is 12.7. The predicted molar refractivity (Wildman–Crippen MR) is 110 cm³/mol. The molecule has 0 bridgehead atoms. The number of nitrogens with zero attached hydrogens (tertiary/aromatic N) is 5. The molecule has 0 atom stereocenters. The molecule has 0 aliphatic rings. The van der Waals surface area contributed by atoms with Crippen molar-refractivity contribution < 1.29 is 27.2 Å². The molecule has 9 nitrogen and oxygen atoms in total. The maximum Gasteiger partial charge on any atom is 0.416 e. The van der Waals surface area contributed by atoms with Crippen LogP contribution in [0.25, 0.3) is 22.8 Å². The number of rotatable bonds is 6. The Balaban J connectivity index is 1.53. The zero-order valence-electron chi connectivity index (χ0n) is 17.4. The standard InChI is InChI=1S/C21H17F3N6O3/c1-12(31)27-18-9-13(7-8-25-18)19-28-20(33-29-19)16-10-26-30(2)17(16)11-32-15-5-3-14(4-6-15)21(22,23)24/h3-10H,11H2,1-2H3,(H,25,27,31). The second-order valence-electron chi connectivity index (χ2n) is 6.97. The summed E-state index contributed by atoms with van der Waals surface area (Å²) in [5, 5.41) is 10.7. The zero-order valence-corrected chi connectivity index (χ0v) is 17.4. The fourth-order valence-electron chi connectivity index (χ4n) is 2.97. The Labute approximate surface area is 185 Å². The van der Waals surface area contributed by atoms with Crippen molar-refractivity contribution >= 4 is 11.7 Å². The van der Waals surface area contributed by atoms with Crippen LogP contribution in [0, 0.1) is 0 Å². The van der Waals surface area contributed by atoms with Gasteiger partial charge in [0.2, 0.25) is 11.7 Å².